The summed E-state index contributed by atoms with van der Waals surface area (Å²) in [5.41, 5.74) is 1.12. The van der Waals surface area contributed by atoms with Crippen LogP contribution in [0.2, 0.25) is 0 Å². The smallest absolute Gasteiger partial charge is 0.191 e. The molecule has 0 radical (unpaired) electrons. The summed E-state index contributed by atoms with van der Waals surface area (Å²) in [5.74, 6) is 0.925. The summed E-state index contributed by atoms with van der Waals surface area (Å²) in [6.45, 7) is 9.15. The Labute approximate surface area is 170 Å². The molecule has 3 rings (SSSR count). The lowest BCUT2D eigenvalue weighted by Gasteiger charge is -2.25. The predicted molar refractivity (Wildman–Crippen MR) is 117 cm³/mol. The molecule has 2 N–H and O–H groups in total. The summed E-state index contributed by atoms with van der Waals surface area (Å²) in [4.78, 5) is 13.5. The summed E-state index contributed by atoms with van der Waals surface area (Å²) in [6.07, 6.45) is 4.70. The molecule has 1 atom stereocenters. The first-order chi connectivity index (χ1) is 13.3. The second-order valence-corrected chi connectivity index (χ2v) is 8.83. The molecule has 27 heavy (non-hydrogen) atoms. The number of hydrogen-bond donors (Lipinski definition) is 2. The van der Waals surface area contributed by atoms with Gasteiger partial charge in [0.2, 0.25) is 0 Å². The van der Waals surface area contributed by atoms with E-state index in [1.807, 2.05) is 11.3 Å². The lowest BCUT2D eigenvalue weighted by molar-refractivity contribution is 0.255. The van der Waals surface area contributed by atoms with Crippen LogP contribution in [0.5, 0.6) is 0 Å². The second-order valence-electron chi connectivity index (χ2n) is 6.91. The van der Waals surface area contributed by atoms with Crippen molar-refractivity contribution in [3.8, 4) is 0 Å². The fourth-order valence-corrected chi connectivity index (χ4v) is 5.07. The van der Waals surface area contributed by atoms with E-state index >= 15 is 0 Å². The van der Waals surface area contributed by atoms with E-state index in [9.17, 15) is 0 Å². The molecule has 5 nitrogen and oxygen atoms in total. The van der Waals surface area contributed by atoms with Crippen molar-refractivity contribution < 1.29 is 0 Å². The van der Waals surface area contributed by atoms with Crippen LogP contribution in [0.25, 0.3) is 0 Å². The quantitative estimate of drug-likeness (QED) is 0.378. The molecule has 0 amide bonds. The fourth-order valence-electron chi connectivity index (χ4n) is 3.40. The maximum atomic E-state index is 4.91. The van der Waals surface area contributed by atoms with E-state index in [0.29, 0.717) is 6.04 Å². The van der Waals surface area contributed by atoms with Gasteiger partial charge >= 0.3 is 0 Å². The van der Waals surface area contributed by atoms with Crippen LogP contribution in [0.1, 0.15) is 47.8 Å². The Morgan fingerprint density at radius 2 is 2.15 bits per heavy atom. The molecule has 0 aromatic carbocycles. The van der Waals surface area contributed by atoms with Crippen molar-refractivity contribution in [2.75, 3.05) is 32.7 Å². The summed E-state index contributed by atoms with van der Waals surface area (Å²) < 4.78 is 0. The lowest BCUT2D eigenvalue weighted by Crippen LogP contribution is -2.39. The van der Waals surface area contributed by atoms with Crippen LogP contribution in [-0.4, -0.2) is 48.6 Å². The highest BCUT2D eigenvalue weighted by Gasteiger charge is 2.24. The Bertz CT molecular complexity index is 689. The van der Waals surface area contributed by atoms with Crippen LogP contribution < -0.4 is 10.6 Å². The van der Waals surface area contributed by atoms with E-state index in [4.69, 9.17) is 4.99 Å². The third kappa shape index (κ3) is 6.30. The predicted octanol–water partition coefficient (Wildman–Crippen LogP) is 3.84. The third-order valence-electron chi connectivity index (χ3n) is 4.75. The van der Waals surface area contributed by atoms with Crippen molar-refractivity contribution in [2.24, 2.45) is 4.99 Å². The van der Waals surface area contributed by atoms with E-state index < -0.39 is 0 Å². The summed E-state index contributed by atoms with van der Waals surface area (Å²) in [6, 6.07) is 4.80. The van der Waals surface area contributed by atoms with Crippen LogP contribution in [0.15, 0.2) is 27.9 Å². The molecule has 148 valence electrons. The van der Waals surface area contributed by atoms with Gasteiger partial charge in [0.05, 0.1) is 17.6 Å². The first-order valence-electron chi connectivity index (χ1n) is 9.97. The monoisotopic (exact) mass is 405 g/mol. The zero-order chi connectivity index (χ0) is 18.9. The number of hydrogen-bond acceptors (Lipinski definition) is 5. The molecule has 1 fully saturated rings. The number of aryl methyl sites for hydroxylation is 2. The number of guanidine groups is 1. The highest BCUT2D eigenvalue weighted by atomic mass is 32.1. The Hall–Kier alpha value is -1.44. The van der Waals surface area contributed by atoms with Gasteiger partial charge in [0.15, 0.2) is 5.96 Å². The molecule has 1 aliphatic heterocycles. The van der Waals surface area contributed by atoms with E-state index in [1.54, 1.807) is 11.3 Å². The van der Waals surface area contributed by atoms with Crippen molar-refractivity contribution >= 4 is 28.6 Å². The van der Waals surface area contributed by atoms with E-state index in [1.165, 1.54) is 35.8 Å². The summed E-state index contributed by atoms with van der Waals surface area (Å²) in [5, 5.41) is 12.4. The van der Waals surface area contributed by atoms with Gasteiger partial charge in [0, 0.05) is 35.5 Å². The highest BCUT2D eigenvalue weighted by molar-refractivity contribution is 7.10. The summed E-state index contributed by atoms with van der Waals surface area (Å²) >= 11 is 3.60. The third-order valence-corrected chi connectivity index (χ3v) is 6.75. The minimum absolute atomic E-state index is 0.404. The topological polar surface area (TPSA) is 52.6 Å². The molecule has 1 saturated heterocycles. The van der Waals surface area contributed by atoms with Crippen molar-refractivity contribution in [1.29, 1.82) is 0 Å². The Morgan fingerprint density at radius 3 is 2.81 bits per heavy atom. The Balaban J connectivity index is 1.53. The molecule has 0 bridgehead atoms. The zero-order valence-electron chi connectivity index (χ0n) is 16.4. The van der Waals surface area contributed by atoms with Crippen LogP contribution >= 0.6 is 22.7 Å². The van der Waals surface area contributed by atoms with Gasteiger partial charge in [-0.3, -0.25) is 9.89 Å². The molecule has 0 saturated carbocycles. The number of aromatic nitrogens is 1. The van der Waals surface area contributed by atoms with E-state index in [-0.39, 0.29) is 0 Å². The Morgan fingerprint density at radius 1 is 1.30 bits per heavy atom. The van der Waals surface area contributed by atoms with Gasteiger partial charge in [-0.2, -0.15) is 0 Å². The molecule has 0 aliphatic carbocycles. The minimum Gasteiger partial charge on any atom is -0.357 e. The van der Waals surface area contributed by atoms with Crippen LogP contribution in [-0.2, 0) is 6.42 Å². The van der Waals surface area contributed by atoms with Crippen LogP contribution in [0, 0.1) is 6.92 Å². The number of likely N-dealkylation sites (tertiary alicyclic amines) is 1. The number of thiophene rings is 1. The second kappa shape index (κ2) is 10.8. The molecule has 1 aliphatic rings. The van der Waals surface area contributed by atoms with Crippen LogP contribution in [0.3, 0.4) is 0 Å². The van der Waals surface area contributed by atoms with Gasteiger partial charge in [-0.05, 0) is 57.6 Å². The maximum Gasteiger partial charge on any atom is 0.191 e. The molecule has 2 aromatic heterocycles. The molecule has 1 unspecified atom stereocenters. The van der Waals surface area contributed by atoms with Gasteiger partial charge in [-0.1, -0.05) is 6.07 Å². The maximum absolute atomic E-state index is 4.91. The van der Waals surface area contributed by atoms with Crippen LogP contribution in [0.4, 0.5) is 0 Å². The molecule has 0 spiro atoms. The minimum atomic E-state index is 0.404. The number of thiazole rings is 1. The first-order valence-corrected chi connectivity index (χ1v) is 11.7. The summed E-state index contributed by atoms with van der Waals surface area (Å²) in [7, 11) is 0. The fraction of sp³-hybridized carbons (Fsp3) is 0.600. The molecule has 7 heteroatoms. The number of nitrogens with one attached hydrogen (secondary N) is 2. The average Bonchev–Trinajstić information content (AvgIpc) is 3.42. The number of aliphatic imine (C=N–C) groups is 1. The lowest BCUT2D eigenvalue weighted by atomic mass is 10.2. The molecular formula is C20H31N5S2. The van der Waals surface area contributed by atoms with Gasteiger partial charge in [0.25, 0.3) is 0 Å². The molecule has 2 aromatic rings. The molecule has 3 heterocycles. The number of nitrogens with zero attached hydrogens (tertiary/aromatic N) is 3. The largest absolute Gasteiger partial charge is 0.357 e. The van der Waals surface area contributed by atoms with Gasteiger partial charge in [-0.25, -0.2) is 4.98 Å². The van der Waals surface area contributed by atoms with Crippen molar-refractivity contribution in [1.82, 2.24) is 20.5 Å². The van der Waals surface area contributed by atoms with Crippen molar-refractivity contribution in [3.05, 3.63) is 38.5 Å². The van der Waals surface area contributed by atoms with Gasteiger partial charge in [0.1, 0.15) is 0 Å². The van der Waals surface area contributed by atoms with E-state index in [2.05, 4.69) is 57.3 Å². The van der Waals surface area contributed by atoms with Crippen molar-refractivity contribution in [3.63, 3.8) is 0 Å². The molecular weight excluding hydrogens is 374 g/mol. The standard InChI is InChI=1S/C20H31N5S2/c1-3-21-20(22-10-6-9-19-24-16(2)15-27-19)23-14-17(18-8-7-13-26-18)25-11-4-5-12-25/h7-8,13,15,17H,3-6,9-12,14H2,1-2H3,(H2,21,22,23). The SMILES string of the molecule is CCNC(=NCC(c1cccs1)N1CCCC1)NCCCc1nc(C)cs1. The van der Waals surface area contributed by atoms with Gasteiger partial charge in [-0.15, -0.1) is 22.7 Å². The highest BCUT2D eigenvalue weighted by Crippen LogP contribution is 2.28. The first kappa shape index (κ1) is 20.3. The Kier molecular flexibility index (Phi) is 8.10. The van der Waals surface area contributed by atoms with Gasteiger partial charge < -0.3 is 10.6 Å². The number of rotatable bonds is 9. The van der Waals surface area contributed by atoms with E-state index in [0.717, 1.165) is 44.1 Å². The zero-order valence-corrected chi connectivity index (χ0v) is 18.0. The normalized spacial score (nSPS) is 16.6. The average molecular weight is 406 g/mol. The van der Waals surface area contributed by atoms with Crippen molar-refractivity contribution in [2.45, 2.75) is 45.6 Å².